The van der Waals surface area contributed by atoms with E-state index in [0.29, 0.717) is 18.8 Å². The number of likely N-dealkylation sites (N-methyl/N-ethyl adjacent to an activating group) is 1. The number of Topliss-reactive ketones (excluding diaryl/α,β-unsaturated/α-hetero) is 1. The first kappa shape index (κ1) is 16.3. The maximum Gasteiger partial charge on any atom is 0.186 e. The number of ketones is 1. The molecular weight excluding hydrogens is 308 g/mol. The van der Waals surface area contributed by atoms with Gasteiger partial charge in [-0.1, -0.05) is 13.8 Å². The first-order chi connectivity index (χ1) is 8.88. The van der Waals surface area contributed by atoms with Crippen molar-refractivity contribution >= 4 is 21.7 Å². The highest BCUT2D eigenvalue weighted by atomic mass is 79.9. The molecule has 1 unspecified atom stereocenters. The monoisotopic (exact) mass is 330 g/mol. The summed E-state index contributed by atoms with van der Waals surface area (Å²) in [4.78, 5) is 14.6. The van der Waals surface area contributed by atoms with Crippen LogP contribution in [-0.2, 0) is 6.54 Å². The van der Waals surface area contributed by atoms with Crippen LogP contribution in [0.5, 0.6) is 0 Å². The van der Waals surface area contributed by atoms with Crippen molar-refractivity contribution in [3.05, 3.63) is 16.4 Å². The Labute approximate surface area is 123 Å². The van der Waals surface area contributed by atoms with Crippen LogP contribution in [-0.4, -0.2) is 47.6 Å². The van der Waals surface area contributed by atoms with Crippen molar-refractivity contribution in [3.8, 4) is 0 Å². The summed E-state index contributed by atoms with van der Waals surface area (Å²) in [7, 11) is 3.99. The maximum atomic E-state index is 12.6. The Bertz CT molecular complexity index is 428. The standard InChI is InChI=1S/C13H23BrN4O/c1-9(2)10(7-15)13(19)12-11(14)8-16-18(12)6-5-17(3)4/h8-10H,5-7,15H2,1-4H3. The summed E-state index contributed by atoms with van der Waals surface area (Å²) < 4.78 is 2.51. The largest absolute Gasteiger partial charge is 0.330 e. The SMILES string of the molecule is CC(C)C(CN)C(=O)c1c(Br)cnn1CCN(C)C. The molecule has 0 fully saturated rings. The van der Waals surface area contributed by atoms with E-state index in [9.17, 15) is 4.79 Å². The minimum Gasteiger partial charge on any atom is -0.330 e. The van der Waals surface area contributed by atoms with Crippen LogP contribution in [0.25, 0.3) is 0 Å². The number of hydrogen-bond acceptors (Lipinski definition) is 4. The van der Waals surface area contributed by atoms with E-state index in [1.165, 1.54) is 0 Å². The lowest BCUT2D eigenvalue weighted by Crippen LogP contribution is -2.31. The molecule has 0 radical (unpaired) electrons. The van der Waals surface area contributed by atoms with E-state index in [2.05, 4.69) is 25.9 Å². The lowest BCUT2D eigenvalue weighted by atomic mass is 9.90. The molecule has 1 aromatic rings. The summed E-state index contributed by atoms with van der Waals surface area (Å²) in [6, 6.07) is 0. The summed E-state index contributed by atoms with van der Waals surface area (Å²) in [6.07, 6.45) is 1.68. The molecule has 0 aliphatic heterocycles. The van der Waals surface area contributed by atoms with Gasteiger partial charge in [0.15, 0.2) is 5.78 Å². The Morgan fingerprint density at radius 3 is 2.63 bits per heavy atom. The van der Waals surface area contributed by atoms with Crippen molar-refractivity contribution < 1.29 is 4.79 Å². The van der Waals surface area contributed by atoms with Crippen molar-refractivity contribution in [1.82, 2.24) is 14.7 Å². The molecule has 0 saturated carbocycles. The third-order valence-electron chi connectivity index (χ3n) is 3.18. The molecule has 108 valence electrons. The predicted molar refractivity (Wildman–Crippen MR) is 80.2 cm³/mol. The zero-order valence-electron chi connectivity index (χ0n) is 12.1. The average molecular weight is 331 g/mol. The summed E-state index contributed by atoms with van der Waals surface area (Å²) in [5.74, 6) is 0.133. The van der Waals surface area contributed by atoms with Gasteiger partial charge in [-0.3, -0.25) is 9.48 Å². The van der Waals surface area contributed by atoms with Crippen LogP contribution >= 0.6 is 15.9 Å². The lowest BCUT2D eigenvalue weighted by Gasteiger charge is -2.19. The van der Waals surface area contributed by atoms with E-state index in [4.69, 9.17) is 5.73 Å². The lowest BCUT2D eigenvalue weighted by molar-refractivity contribution is 0.0879. The highest BCUT2D eigenvalue weighted by molar-refractivity contribution is 9.10. The summed E-state index contributed by atoms with van der Waals surface area (Å²) in [5.41, 5.74) is 6.36. The quantitative estimate of drug-likeness (QED) is 0.771. The summed E-state index contributed by atoms with van der Waals surface area (Å²) >= 11 is 3.41. The Hall–Kier alpha value is -0.720. The number of halogens is 1. The third-order valence-corrected chi connectivity index (χ3v) is 3.76. The van der Waals surface area contributed by atoms with E-state index in [1.807, 2.05) is 27.9 Å². The van der Waals surface area contributed by atoms with Gasteiger partial charge in [-0.25, -0.2) is 0 Å². The second-order valence-electron chi connectivity index (χ2n) is 5.32. The molecule has 0 bridgehead atoms. The third kappa shape index (κ3) is 4.12. The number of rotatable bonds is 7. The van der Waals surface area contributed by atoms with Crippen LogP contribution < -0.4 is 5.73 Å². The van der Waals surface area contributed by atoms with E-state index < -0.39 is 0 Å². The summed E-state index contributed by atoms with van der Waals surface area (Å²) in [6.45, 7) is 5.92. The molecule has 5 nitrogen and oxygen atoms in total. The second kappa shape index (κ2) is 7.17. The zero-order valence-corrected chi connectivity index (χ0v) is 13.6. The van der Waals surface area contributed by atoms with Gasteiger partial charge in [0, 0.05) is 19.0 Å². The van der Waals surface area contributed by atoms with Gasteiger partial charge in [0.25, 0.3) is 0 Å². The molecule has 1 atom stereocenters. The fraction of sp³-hybridized carbons (Fsp3) is 0.692. The van der Waals surface area contributed by atoms with E-state index in [1.54, 1.807) is 10.9 Å². The van der Waals surface area contributed by atoms with E-state index in [0.717, 1.165) is 11.0 Å². The Morgan fingerprint density at radius 2 is 2.16 bits per heavy atom. The van der Waals surface area contributed by atoms with Crippen LogP contribution in [0.3, 0.4) is 0 Å². The highest BCUT2D eigenvalue weighted by Crippen LogP contribution is 2.23. The molecule has 0 aliphatic rings. The minimum atomic E-state index is -0.161. The van der Waals surface area contributed by atoms with Gasteiger partial charge < -0.3 is 10.6 Å². The van der Waals surface area contributed by atoms with Gasteiger partial charge >= 0.3 is 0 Å². The minimum absolute atomic E-state index is 0.0700. The van der Waals surface area contributed by atoms with Crippen molar-refractivity contribution in [2.75, 3.05) is 27.2 Å². The normalized spacial score (nSPS) is 13.3. The highest BCUT2D eigenvalue weighted by Gasteiger charge is 2.27. The van der Waals surface area contributed by atoms with Gasteiger partial charge in [-0.2, -0.15) is 5.10 Å². The zero-order chi connectivity index (χ0) is 14.6. The number of aromatic nitrogens is 2. The number of carbonyl (C=O) groups excluding carboxylic acids is 1. The number of hydrogen-bond donors (Lipinski definition) is 1. The Balaban J connectivity index is 2.98. The molecule has 1 aromatic heterocycles. The molecule has 2 N–H and O–H groups in total. The second-order valence-corrected chi connectivity index (χ2v) is 6.17. The fourth-order valence-corrected chi connectivity index (χ4v) is 2.42. The maximum absolute atomic E-state index is 12.6. The van der Waals surface area contributed by atoms with E-state index in [-0.39, 0.29) is 17.6 Å². The predicted octanol–water partition coefficient (Wildman–Crippen LogP) is 1.62. The Morgan fingerprint density at radius 1 is 1.53 bits per heavy atom. The molecule has 1 heterocycles. The summed E-state index contributed by atoms with van der Waals surface area (Å²) in [5, 5.41) is 4.27. The first-order valence-electron chi connectivity index (χ1n) is 6.48. The molecule has 0 aromatic carbocycles. The molecule has 0 amide bonds. The smallest absolute Gasteiger partial charge is 0.186 e. The fourth-order valence-electron chi connectivity index (χ4n) is 1.93. The van der Waals surface area contributed by atoms with Crippen LogP contribution in [0.2, 0.25) is 0 Å². The number of nitrogens with two attached hydrogens (primary N) is 1. The topological polar surface area (TPSA) is 64.2 Å². The first-order valence-corrected chi connectivity index (χ1v) is 7.28. The average Bonchev–Trinajstić information content (AvgIpc) is 2.68. The molecular formula is C13H23BrN4O. The number of carbonyl (C=O) groups is 1. The van der Waals surface area contributed by atoms with Crippen LogP contribution in [0.1, 0.15) is 24.3 Å². The van der Waals surface area contributed by atoms with Gasteiger partial charge in [0.2, 0.25) is 0 Å². The van der Waals surface area contributed by atoms with Gasteiger partial charge in [0.1, 0.15) is 5.69 Å². The molecule has 0 aliphatic carbocycles. The molecule has 19 heavy (non-hydrogen) atoms. The molecule has 1 rings (SSSR count). The van der Waals surface area contributed by atoms with Gasteiger partial charge in [0.05, 0.1) is 17.2 Å². The van der Waals surface area contributed by atoms with Crippen LogP contribution in [0.4, 0.5) is 0 Å². The van der Waals surface area contributed by atoms with Crippen molar-refractivity contribution in [1.29, 1.82) is 0 Å². The van der Waals surface area contributed by atoms with Crippen molar-refractivity contribution in [3.63, 3.8) is 0 Å². The molecule has 0 spiro atoms. The van der Waals surface area contributed by atoms with Gasteiger partial charge in [-0.05, 0) is 35.9 Å². The van der Waals surface area contributed by atoms with Gasteiger partial charge in [-0.15, -0.1) is 0 Å². The molecule has 0 saturated heterocycles. The van der Waals surface area contributed by atoms with Crippen LogP contribution in [0.15, 0.2) is 10.7 Å². The van der Waals surface area contributed by atoms with Crippen LogP contribution in [0, 0.1) is 11.8 Å². The molecule has 6 heteroatoms. The van der Waals surface area contributed by atoms with E-state index >= 15 is 0 Å². The number of nitrogens with zero attached hydrogens (tertiary/aromatic N) is 3. The van der Waals surface area contributed by atoms with Crippen molar-refractivity contribution in [2.24, 2.45) is 17.6 Å². The Kier molecular flexibility index (Phi) is 6.16. The van der Waals surface area contributed by atoms with Crippen molar-refractivity contribution in [2.45, 2.75) is 20.4 Å².